The van der Waals surface area contributed by atoms with Crippen molar-refractivity contribution in [2.24, 2.45) is 0 Å². The molecule has 1 amide bonds. The van der Waals surface area contributed by atoms with Crippen molar-refractivity contribution >= 4 is 22.8 Å². The second-order valence-corrected chi connectivity index (χ2v) is 6.09. The average Bonchev–Trinajstić information content (AvgIpc) is 2.59. The van der Waals surface area contributed by atoms with E-state index in [0.29, 0.717) is 28.3 Å². The molecule has 25 heavy (non-hydrogen) atoms. The molecule has 2 aromatic carbocycles. The Balaban J connectivity index is 2.20. The Kier molecular flexibility index (Phi) is 4.50. The van der Waals surface area contributed by atoms with Crippen LogP contribution in [0.15, 0.2) is 30.3 Å². The van der Waals surface area contributed by atoms with E-state index >= 15 is 0 Å². The molecule has 0 spiro atoms. The first-order valence-electron chi connectivity index (χ1n) is 7.94. The third kappa shape index (κ3) is 3.10. The number of nitrogens with zero attached hydrogens (tertiary/aromatic N) is 1. The molecule has 2 atom stereocenters. The first-order chi connectivity index (χ1) is 11.9. The summed E-state index contributed by atoms with van der Waals surface area (Å²) in [6.45, 7) is 0.222. The first-order valence-corrected chi connectivity index (χ1v) is 7.94. The van der Waals surface area contributed by atoms with Crippen LogP contribution in [0.1, 0.15) is 34.8 Å². The summed E-state index contributed by atoms with van der Waals surface area (Å²) in [6, 6.07) is 7.25. The summed E-state index contributed by atoms with van der Waals surface area (Å²) in [5.74, 6) is -0.505. The van der Waals surface area contributed by atoms with E-state index in [4.69, 9.17) is 4.74 Å². The van der Waals surface area contributed by atoms with Crippen LogP contribution >= 0.6 is 0 Å². The fourth-order valence-corrected chi connectivity index (χ4v) is 3.41. The predicted molar refractivity (Wildman–Crippen MR) is 89.7 cm³/mol. The number of ether oxygens (including phenoxy) is 1. The zero-order valence-corrected chi connectivity index (χ0v) is 13.7. The van der Waals surface area contributed by atoms with Crippen LogP contribution in [0.5, 0.6) is 5.75 Å². The summed E-state index contributed by atoms with van der Waals surface area (Å²) in [5, 5.41) is 30.5. The zero-order chi connectivity index (χ0) is 18.1. The molecule has 7 heteroatoms. The Morgan fingerprint density at radius 3 is 2.64 bits per heavy atom. The van der Waals surface area contributed by atoms with E-state index < -0.39 is 24.2 Å². The Labute approximate surface area is 144 Å². The number of benzene rings is 2. The maximum atomic E-state index is 12.0. The molecule has 0 saturated carbocycles. The second-order valence-electron chi connectivity index (χ2n) is 6.09. The van der Waals surface area contributed by atoms with Crippen molar-refractivity contribution in [3.63, 3.8) is 0 Å². The monoisotopic (exact) mass is 345 g/mol. The smallest absolute Gasteiger partial charge is 0.407 e. The molecule has 3 N–H and O–H groups in total. The summed E-state index contributed by atoms with van der Waals surface area (Å²) in [4.78, 5) is 24.9. The fourth-order valence-electron chi connectivity index (χ4n) is 3.41. The van der Waals surface area contributed by atoms with Crippen LogP contribution in [0.25, 0.3) is 10.8 Å². The van der Waals surface area contributed by atoms with Gasteiger partial charge in [-0.15, -0.1) is 0 Å². The number of carbonyl (C=O) groups excluding carboxylic acids is 1. The van der Waals surface area contributed by atoms with Gasteiger partial charge in [0, 0.05) is 6.54 Å². The molecule has 0 aliphatic carbocycles. The van der Waals surface area contributed by atoms with Crippen molar-refractivity contribution in [2.45, 2.75) is 25.0 Å². The molecular formula is C18H19NO6. The molecule has 1 aliphatic rings. The minimum Gasteiger partial charge on any atom is -0.508 e. The molecule has 1 unspecified atom stereocenters. The van der Waals surface area contributed by atoms with Crippen LogP contribution in [0.2, 0.25) is 0 Å². The largest absolute Gasteiger partial charge is 0.508 e. The number of fused-ring (bicyclic) bond motifs is 1. The van der Waals surface area contributed by atoms with E-state index in [1.807, 2.05) is 0 Å². The molecule has 0 radical (unpaired) electrons. The standard InChI is InChI=1S/C18H19NO6/c1-25-17(22)14-5-4-13(15-8-10(20)2-3-12(14)15)16-9-11(21)6-7-19(16)18(23)24/h2-5,8,11,16,20-21H,6-7,9H2,1H3,(H,23,24)/t11?,16-/m0/s1. The number of aliphatic hydroxyl groups is 1. The number of aromatic hydroxyl groups is 1. The van der Waals surface area contributed by atoms with Gasteiger partial charge in [-0.3, -0.25) is 0 Å². The molecule has 1 heterocycles. The third-order valence-electron chi connectivity index (χ3n) is 4.62. The van der Waals surface area contributed by atoms with Crippen LogP contribution in [0.4, 0.5) is 4.79 Å². The average molecular weight is 345 g/mol. The normalized spacial score (nSPS) is 20.5. The van der Waals surface area contributed by atoms with E-state index in [0.717, 1.165) is 0 Å². The number of hydrogen-bond donors (Lipinski definition) is 3. The topological polar surface area (TPSA) is 107 Å². The van der Waals surface area contributed by atoms with Crippen LogP contribution in [0, 0.1) is 0 Å². The van der Waals surface area contributed by atoms with E-state index in [1.54, 1.807) is 18.2 Å². The number of amides is 1. The predicted octanol–water partition coefficient (Wildman–Crippen LogP) is 2.51. The van der Waals surface area contributed by atoms with Gasteiger partial charge < -0.3 is 25.0 Å². The lowest BCUT2D eigenvalue weighted by molar-refractivity contribution is 0.0428. The van der Waals surface area contributed by atoms with Gasteiger partial charge >= 0.3 is 12.1 Å². The van der Waals surface area contributed by atoms with Gasteiger partial charge in [-0.05, 0) is 53.4 Å². The lowest BCUT2D eigenvalue weighted by atomic mass is 9.88. The minimum atomic E-state index is -1.07. The van der Waals surface area contributed by atoms with E-state index in [2.05, 4.69) is 0 Å². The van der Waals surface area contributed by atoms with Gasteiger partial charge in [-0.1, -0.05) is 6.07 Å². The Hall–Kier alpha value is -2.80. The quantitative estimate of drug-likeness (QED) is 0.722. The summed E-state index contributed by atoms with van der Waals surface area (Å²) < 4.78 is 4.79. The zero-order valence-electron chi connectivity index (χ0n) is 13.7. The van der Waals surface area contributed by atoms with Crippen LogP contribution in [0.3, 0.4) is 0 Å². The van der Waals surface area contributed by atoms with Crippen molar-refractivity contribution in [3.8, 4) is 5.75 Å². The molecule has 1 fully saturated rings. The summed E-state index contributed by atoms with van der Waals surface area (Å²) in [6.07, 6.45) is -1.03. The molecule has 1 saturated heterocycles. The fraction of sp³-hybridized carbons (Fsp3) is 0.333. The number of aliphatic hydroxyl groups excluding tert-OH is 1. The van der Waals surface area contributed by atoms with Crippen molar-refractivity contribution in [2.75, 3.05) is 13.7 Å². The van der Waals surface area contributed by atoms with Gasteiger partial charge in [0.1, 0.15) is 5.75 Å². The second kappa shape index (κ2) is 6.60. The van der Waals surface area contributed by atoms with Gasteiger partial charge in [-0.2, -0.15) is 0 Å². The maximum absolute atomic E-state index is 12.0. The van der Waals surface area contributed by atoms with E-state index in [-0.39, 0.29) is 18.7 Å². The Morgan fingerprint density at radius 1 is 1.20 bits per heavy atom. The van der Waals surface area contributed by atoms with E-state index in [9.17, 15) is 24.9 Å². The summed E-state index contributed by atoms with van der Waals surface area (Å²) in [7, 11) is 1.28. The molecule has 132 valence electrons. The van der Waals surface area contributed by atoms with Gasteiger partial charge in [-0.25, -0.2) is 9.59 Å². The summed E-state index contributed by atoms with van der Waals surface area (Å²) >= 11 is 0. The number of carbonyl (C=O) groups is 2. The van der Waals surface area contributed by atoms with Crippen molar-refractivity contribution in [1.29, 1.82) is 0 Å². The number of rotatable bonds is 2. The molecule has 1 aliphatic heterocycles. The number of hydrogen-bond acceptors (Lipinski definition) is 5. The highest BCUT2D eigenvalue weighted by atomic mass is 16.5. The SMILES string of the molecule is COC(=O)c1ccc([C@@H]2CC(O)CCN2C(=O)O)c2cc(O)ccc12. The van der Waals surface area contributed by atoms with Gasteiger partial charge in [0.25, 0.3) is 0 Å². The van der Waals surface area contributed by atoms with Gasteiger partial charge in [0.15, 0.2) is 0 Å². The third-order valence-corrected chi connectivity index (χ3v) is 4.62. The molecule has 7 nitrogen and oxygen atoms in total. The number of phenols is 1. The van der Waals surface area contributed by atoms with Crippen molar-refractivity contribution in [3.05, 3.63) is 41.5 Å². The number of esters is 1. The lowest BCUT2D eigenvalue weighted by Gasteiger charge is -2.36. The lowest BCUT2D eigenvalue weighted by Crippen LogP contribution is -2.41. The number of phenolic OH excluding ortho intramolecular Hbond substituents is 1. The highest BCUT2D eigenvalue weighted by molar-refractivity contribution is 6.06. The number of carboxylic acid groups (broad SMARTS) is 1. The first kappa shape index (κ1) is 17.0. The Bertz CT molecular complexity index is 834. The summed E-state index contributed by atoms with van der Waals surface area (Å²) in [5.41, 5.74) is 0.971. The highest BCUT2D eigenvalue weighted by Crippen LogP contribution is 2.37. The highest BCUT2D eigenvalue weighted by Gasteiger charge is 2.33. The number of likely N-dealkylation sites (tertiary alicyclic amines) is 1. The van der Waals surface area contributed by atoms with Gasteiger partial charge in [0.2, 0.25) is 0 Å². The van der Waals surface area contributed by atoms with Crippen molar-refractivity contribution < 1.29 is 29.6 Å². The maximum Gasteiger partial charge on any atom is 0.407 e. The minimum absolute atomic E-state index is 0.00833. The molecule has 2 aromatic rings. The molecule has 0 aromatic heterocycles. The van der Waals surface area contributed by atoms with Crippen LogP contribution < -0.4 is 0 Å². The number of methoxy groups -OCH3 is 1. The van der Waals surface area contributed by atoms with Crippen LogP contribution in [-0.4, -0.2) is 52.0 Å². The van der Waals surface area contributed by atoms with Gasteiger partial charge in [0.05, 0.1) is 24.8 Å². The van der Waals surface area contributed by atoms with Crippen LogP contribution in [-0.2, 0) is 4.74 Å². The Morgan fingerprint density at radius 2 is 1.96 bits per heavy atom. The number of piperidine rings is 1. The molecular weight excluding hydrogens is 326 g/mol. The molecule has 0 bridgehead atoms. The van der Waals surface area contributed by atoms with E-state index in [1.165, 1.54) is 24.1 Å². The molecule has 3 rings (SSSR count). The van der Waals surface area contributed by atoms with Crippen molar-refractivity contribution in [1.82, 2.24) is 4.90 Å².